The van der Waals surface area contributed by atoms with Crippen molar-refractivity contribution in [1.29, 1.82) is 0 Å². The minimum atomic E-state index is -0.206. The molecule has 0 unspecified atom stereocenters. The molecule has 0 saturated carbocycles. The van der Waals surface area contributed by atoms with Crippen molar-refractivity contribution in [2.45, 2.75) is 22.6 Å². The number of benzene rings is 3. The number of rotatable bonds is 7. The molecule has 1 fully saturated rings. The zero-order valence-corrected chi connectivity index (χ0v) is 19.1. The van der Waals surface area contributed by atoms with Gasteiger partial charge in [-0.1, -0.05) is 65.8 Å². The van der Waals surface area contributed by atoms with Gasteiger partial charge >= 0.3 is 0 Å². The smallest absolute Gasteiger partial charge is 0.268 e. The standard InChI is InChI=1S/C25H20ClNO2S2/c26-20-10-14-22(15-11-20)30-21-12-8-19(9-13-21)17-23-24(28)27(25(29)31-23)16-4-7-18-5-2-1-3-6-18/h1-3,5-6,8-15,17H,4,7,16H2/b23-17+. The number of hydrogen-bond donors (Lipinski definition) is 0. The maximum absolute atomic E-state index is 12.7. The van der Waals surface area contributed by atoms with Crippen LogP contribution in [-0.4, -0.2) is 22.6 Å². The number of imide groups is 1. The SMILES string of the molecule is O=C1S/C(=C/c2ccc(Sc3ccc(Cl)cc3)cc2)C(=O)N1CCCc1ccccc1. The first-order valence-corrected chi connectivity index (χ1v) is 11.9. The van der Waals surface area contributed by atoms with Gasteiger partial charge in [-0.3, -0.25) is 14.5 Å². The Labute approximate surface area is 195 Å². The number of carbonyl (C=O) groups is 2. The van der Waals surface area contributed by atoms with E-state index in [1.165, 1.54) is 10.5 Å². The summed E-state index contributed by atoms with van der Waals surface area (Å²) >= 11 is 8.59. The molecule has 0 bridgehead atoms. The lowest BCUT2D eigenvalue weighted by atomic mass is 10.1. The second kappa shape index (κ2) is 10.2. The van der Waals surface area contributed by atoms with Crippen LogP contribution in [0.5, 0.6) is 0 Å². The molecule has 3 aromatic carbocycles. The first-order chi connectivity index (χ1) is 15.1. The highest BCUT2D eigenvalue weighted by atomic mass is 35.5. The van der Waals surface area contributed by atoms with Gasteiger partial charge in [-0.2, -0.15) is 0 Å². The van der Waals surface area contributed by atoms with E-state index in [9.17, 15) is 9.59 Å². The van der Waals surface area contributed by atoms with Crippen LogP contribution < -0.4 is 0 Å². The molecule has 0 aromatic heterocycles. The molecule has 156 valence electrons. The van der Waals surface area contributed by atoms with Gasteiger partial charge in [-0.25, -0.2) is 0 Å². The van der Waals surface area contributed by atoms with Crippen LogP contribution in [0.15, 0.2) is 93.6 Å². The Kier molecular flexibility index (Phi) is 7.17. The Hall–Kier alpha value is -2.47. The van der Waals surface area contributed by atoms with Crippen LogP contribution in [0.25, 0.3) is 6.08 Å². The lowest BCUT2D eigenvalue weighted by Crippen LogP contribution is -2.29. The molecule has 1 aliphatic heterocycles. The quantitative estimate of drug-likeness (QED) is 0.347. The summed E-state index contributed by atoms with van der Waals surface area (Å²) in [6, 6.07) is 25.7. The Morgan fingerprint density at radius 1 is 0.871 bits per heavy atom. The predicted molar refractivity (Wildman–Crippen MR) is 129 cm³/mol. The van der Waals surface area contributed by atoms with Crippen LogP contribution in [0.1, 0.15) is 17.5 Å². The average Bonchev–Trinajstić information content (AvgIpc) is 3.05. The van der Waals surface area contributed by atoms with Crippen LogP contribution in [-0.2, 0) is 11.2 Å². The fraction of sp³-hybridized carbons (Fsp3) is 0.120. The van der Waals surface area contributed by atoms with Gasteiger partial charge in [0.1, 0.15) is 0 Å². The molecule has 6 heteroatoms. The highest BCUT2D eigenvalue weighted by Gasteiger charge is 2.34. The van der Waals surface area contributed by atoms with Crippen molar-refractivity contribution in [3.05, 3.63) is 99.9 Å². The van der Waals surface area contributed by atoms with Crippen molar-refractivity contribution < 1.29 is 9.59 Å². The van der Waals surface area contributed by atoms with Crippen molar-refractivity contribution in [2.75, 3.05) is 6.54 Å². The first kappa shape index (κ1) is 21.8. The van der Waals surface area contributed by atoms with E-state index >= 15 is 0 Å². The van der Waals surface area contributed by atoms with Gasteiger partial charge in [0.2, 0.25) is 0 Å². The molecule has 2 amide bonds. The van der Waals surface area contributed by atoms with E-state index in [1.54, 1.807) is 17.8 Å². The molecular formula is C25H20ClNO2S2. The maximum Gasteiger partial charge on any atom is 0.293 e. The molecule has 0 spiro atoms. The Bertz CT molecular complexity index is 1100. The lowest BCUT2D eigenvalue weighted by Gasteiger charge is -2.12. The molecule has 0 N–H and O–H groups in total. The highest BCUT2D eigenvalue weighted by Crippen LogP contribution is 2.33. The summed E-state index contributed by atoms with van der Waals surface area (Å²) in [5.74, 6) is -0.206. The Morgan fingerprint density at radius 2 is 1.52 bits per heavy atom. The second-order valence-electron chi connectivity index (χ2n) is 7.05. The molecule has 1 aliphatic rings. The van der Waals surface area contributed by atoms with Crippen LogP contribution in [0.2, 0.25) is 5.02 Å². The van der Waals surface area contributed by atoms with Crippen molar-refractivity contribution in [3.63, 3.8) is 0 Å². The van der Waals surface area contributed by atoms with E-state index in [4.69, 9.17) is 11.6 Å². The third-order valence-corrected chi connectivity index (χ3v) is 6.97. The van der Waals surface area contributed by atoms with Crippen molar-refractivity contribution in [2.24, 2.45) is 0 Å². The lowest BCUT2D eigenvalue weighted by molar-refractivity contribution is -0.122. The van der Waals surface area contributed by atoms with Crippen LogP contribution in [0.4, 0.5) is 4.79 Å². The zero-order chi connectivity index (χ0) is 21.6. The molecule has 31 heavy (non-hydrogen) atoms. The predicted octanol–water partition coefficient (Wildman–Crippen LogP) is 7.16. The van der Waals surface area contributed by atoms with Crippen LogP contribution >= 0.6 is 35.1 Å². The second-order valence-corrected chi connectivity index (χ2v) is 9.62. The summed E-state index contributed by atoms with van der Waals surface area (Å²) in [5, 5.41) is 0.521. The third-order valence-electron chi connectivity index (χ3n) is 4.79. The number of aryl methyl sites for hydroxylation is 1. The zero-order valence-electron chi connectivity index (χ0n) is 16.7. The van der Waals surface area contributed by atoms with Crippen LogP contribution in [0.3, 0.4) is 0 Å². The average molecular weight is 466 g/mol. The largest absolute Gasteiger partial charge is 0.293 e. The molecule has 1 saturated heterocycles. The first-order valence-electron chi connectivity index (χ1n) is 9.91. The molecule has 0 aliphatic carbocycles. The number of hydrogen-bond acceptors (Lipinski definition) is 4. The van der Waals surface area contributed by atoms with Gasteiger partial charge in [-0.15, -0.1) is 0 Å². The summed E-state index contributed by atoms with van der Waals surface area (Å²) in [6.45, 7) is 0.438. The molecule has 3 aromatic rings. The van der Waals surface area contributed by atoms with Crippen molar-refractivity contribution >= 4 is 52.3 Å². The van der Waals surface area contributed by atoms with Gasteiger partial charge in [-0.05, 0) is 78.2 Å². The summed E-state index contributed by atoms with van der Waals surface area (Å²) in [6.07, 6.45) is 3.39. The summed E-state index contributed by atoms with van der Waals surface area (Å²) in [7, 11) is 0. The molecular weight excluding hydrogens is 446 g/mol. The minimum absolute atomic E-state index is 0.195. The molecule has 0 radical (unpaired) electrons. The van der Waals surface area contributed by atoms with Crippen molar-refractivity contribution in [3.8, 4) is 0 Å². The molecule has 1 heterocycles. The number of amides is 2. The van der Waals surface area contributed by atoms with E-state index in [-0.39, 0.29) is 11.1 Å². The van der Waals surface area contributed by atoms with E-state index in [0.29, 0.717) is 16.5 Å². The van der Waals surface area contributed by atoms with Gasteiger partial charge in [0.05, 0.1) is 4.91 Å². The summed E-state index contributed by atoms with van der Waals surface area (Å²) in [4.78, 5) is 29.0. The molecule has 0 atom stereocenters. The van der Waals surface area contributed by atoms with Gasteiger partial charge in [0.15, 0.2) is 0 Å². The number of thioether (sulfide) groups is 1. The Morgan fingerprint density at radius 3 is 2.19 bits per heavy atom. The van der Waals surface area contributed by atoms with Crippen molar-refractivity contribution in [1.82, 2.24) is 4.90 Å². The van der Waals surface area contributed by atoms with E-state index < -0.39 is 0 Å². The maximum atomic E-state index is 12.7. The van der Waals surface area contributed by atoms with Gasteiger partial charge < -0.3 is 0 Å². The normalized spacial score (nSPS) is 15.1. The topological polar surface area (TPSA) is 37.4 Å². The fourth-order valence-corrected chi connectivity index (χ4v) is 5.01. The fourth-order valence-electron chi connectivity index (χ4n) is 3.20. The number of halogens is 1. The van der Waals surface area contributed by atoms with Gasteiger partial charge in [0, 0.05) is 21.4 Å². The van der Waals surface area contributed by atoms with E-state index in [1.807, 2.05) is 66.7 Å². The number of carbonyl (C=O) groups excluding carboxylic acids is 2. The molecule has 4 rings (SSSR count). The number of nitrogens with zero attached hydrogens (tertiary/aromatic N) is 1. The van der Waals surface area contributed by atoms with E-state index in [0.717, 1.165) is 40.0 Å². The van der Waals surface area contributed by atoms with Gasteiger partial charge in [0.25, 0.3) is 11.1 Å². The third kappa shape index (κ3) is 5.82. The van der Waals surface area contributed by atoms with E-state index in [2.05, 4.69) is 12.1 Å². The van der Waals surface area contributed by atoms with Crippen LogP contribution in [0, 0.1) is 0 Å². The minimum Gasteiger partial charge on any atom is -0.268 e. The summed E-state index contributed by atoms with van der Waals surface area (Å²) in [5.41, 5.74) is 2.11. The summed E-state index contributed by atoms with van der Waals surface area (Å²) < 4.78 is 0. The highest BCUT2D eigenvalue weighted by molar-refractivity contribution is 8.18. The molecule has 3 nitrogen and oxygen atoms in total. The Balaban J connectivity index is 1.36. The monoisotopic (exact) mass is 465 g/mol.